The molecule has 0 saturated heterocycles. The minimum absolute atomic E-state index is 0.145. The zero-order valence-electron chi connectivity index (χ0n) is 11.3. The molecule has 0 unspecified atom stereocenters. The Hall–Kier alpha value is -2.08. The number of hydrazine groups is 1. The molecule has 6 heteroatoms. The molecular weight excluding hydrogens is 246 g/mol. The molecule has 104 valence electrons. The first kappa shape index (κ1) is 15.0. The molecule has 19 heavy (non-hydrogen) atoms. The van der Waals surface area contributed by atoms with Gasteiger partial charge in [-0.05, 0) is 26.0 Å². The Labute approximate surface area is 112 Å². The maximum Gasteiger partial charge on any atom is 0.242 e. The van der Waals surface area contributed by atoms with Crippen molar-refractivity contribution in [3.63, 3.8) is 0 Å². The third kappa shape index (κ3) is 4.26. The van der Waals surface area contributed by atoms with E-state index in [1.165, 1.54) is 6.92 Å². The predicted molar refractivity (Wildman–Crippen MR) is 72.4 cm³/mol. The second kappa shape index (κ2) is 6.19. The summed E-state index contributed by atoms with van der Waals surface area (Å²) in [6.07, 6.45) is 0. The Morgan fingerprint density at radius 2 is 1.95 bits per heavy atom. The molecule has 0 fully saturated rings. The number of ether oxygens (including phenoxy) is 1. The number of carbonyl (C=O) groups excluding carboxylic acids is 2. The largest absolute Gasteiger partial charge is 0.490 e. The van der Waals surface area contributed by atoms with Gasteiger partial charge in [0.25, 0.3) is 0 Å². The number of nitrogens with one attached hydrogen (secondary N) is 2. The lowest BCUT2D eigenvalue weighted by Crippen LogP contribution is -2.44. The van der Waals surface area contributed by atoms with E-state index < -0.39 is 5.41 Å². The van der Waals surface area contributed by atoms with Crippen LogP contribution in [0.5, 0.6) is 5.75 Å². The molecule has 0 spiro atoms. The molecule has 1 rings (SSSR count). The molecule has 0 atom stereocenters. The fourth-order valence-electron chi connectivity index (χ4n) is 1.40. The molecule has 0 aliphatic heterocycles. The smallest absolute Gasteiger partial charge is 0.242 e. The number of hydrogen-bond acceptors (Lipinski definition) is 4. The van der Waals surface area contributed by atoms with E-state index in [4.69, 9.17) is 10.6 Å². The molecule has 0 aliphatic rings. The Balaban J connectivity index is 2.77. The van der Waals surface area contributed by atoms with Crippen LogP contribution in [0.4, 0.5) is 5.69 Å². The third-order valence-electron chi connectivity index (χ3n) is 2.53. The molecular formula is C13H19N3O3. The Kier molecular flexibility index (Phi) is 4.88. The van der Waals surface area contributed by atoms with E-state index in [0.717, 1.165) is 0 Å². The summed E-state index contributed by atoms with van der Waals surface area (Å²) < 4.78 is 5.59. The predicted octanol–water partition coefficient (Wildman–Crippen LogP) is 1.04. The normalized spacial score (nSPS) is 10.7. The van der Waals surface area contributed by atoms with Gasteiger partial charge in [-0.1, -0.05) is 12.1 Å². The lowest BCUT2D eigenvalue weighted by atomic mass is 9.94. The van der Waals surface area contributed by atoms with Gasteiger partial charge < -0.3 is 10.1 Å². The lowest BCUT2D eigenvalue weighted by Gasteiger charge is -2.23. The van der Waals surface area contributed by atoms with Crippen LogP contribution in [-0.4, -0.2) is 18.4 Å². The van der Waals surface area contributed by atoms with Crippen LogP contribution in [0.15, 0.2) is 24.3 Å². The summed E-state index contributed by atoms with van der Waals surface area (Å²) >= 11 is 0. The van der Waals surface area contributed by atoms with Gasteiger partial charge in [0.05, 0.1) is 11.1 Å². The molecule has 0 bridgehead atoms. The van der Waals surface area contributed by atoms with Crippen LogP contribution in [0.3, 0.4) is 0 Å². The molecule has 4 N–H and O–H groups in total. The van der Waals surface area contributed by atoms with Crippen molar-refractivity contribution in [2.75, 3.05) is 11.9 Å². The number of nitrogens with two attached hydrogens (primary N) is 1. The Bertz CT molecular complexity index is 472. The fourth-order valence-corrected chi connectivity index (χ4v) is 1.40. The maximum absolute atomic E-state index is 11.5. The first-order valence-electron chi connectivity index (χ1n) is 5.87. The van der Waals surface area contributed by atoms with Gasteiger partial charge in [-0.25, -0.2) is 5.84 Å². The van der Waals surface area contributed by atoms with Crippen molar-refractivity contribution in [1.82, 2.24) is 5.43 Å². The lowest BCUT2D eigenvalue weighted by molar-refractivity contribution is -0.130. The van der Waals surface area contributed by atoms with E-state index in [1.54, 1.807) is 38.1 Å². The summed E-state index contributed by atoms with van der Waals surface area (Å²) in [7, 11) is 0. The minimum Gasteiger partial charge on any atom is -0.490 e. The van der Waals surface area contributed by atoms with Crippen LogP contribution in [-0.2, 0) is 9.59 Å². The summed E-state index contributed by atoms with van der Waals surface area (Å²) in [5, 5.41) is 2.66. The topological polar surface area (TPSA) is 93.4 Å². The molecule has 0 heterocycles. The number of benzene rings is 1. The molecule has 0 saturated carbocycles. The van der Waals surface area contributed by atoms with Crippen LogP contribution >= 0.6 is 0 Å². The van der Waals surface area contributed by atoms with E-state index in [1.807, 2.05) is 0 Å². The minimum atomic E-state index is -0.766. The van der Waals surface area contributed by atoms with Gasteiger partial charge in [0.1, 0.15) is 12.4 Å². The van der Waals surface area contributed by atoms with E-state index in [-0.39, 0.29) is 18.4 Å². The first-order valence-corrected chi connectivity index (χ1v) is 5.87. The number of rotatable bonds is 5. The van der Waals surface area contributed by atoms with Gasteiger partial charge in [0, 0.05) is 6.92 Å². The summed E-state index contributed by atoms with van der Waals surface area (Å²) in [5.74, 6) is 5.12. The number of anilines is 1. The van der Waals surface area contributed by atoms with Gasteiger partial charge in [0.15, 0.2) is 0 Å². The van der Waals surface area contributed by atoms with Crippen molar-refractivity contribution < 1.29 is 14.3 Å². The van der Waals surface area contributed by atoms with Crippen LogP contribution in [0.1, 0.15) is 20.8 Å². The zero-order valence-corrected chi connectivity index (χ0v) is 11.3. The van der Waals surface area contributed by atoms with Crippen LogP contribution < -0.4 is 21.3 Å². The van der Waals surface area contributed by atoms with Gasteiger partial charge in [-0.2, -0.15) is 0 Å². The molecule has 0 radical (unpaired) electrons. The quantitative estimate of drug-likeness (QED) is 0.421. The highest BCUT2D eigenvalue weighted by Gasteiger charge is 2.28. The average Bonchev–Trinajstić information content (AvgIpc) is 2.36. The molecule has 6 nitrogen and oxygen atoms in total. The van der Waals surface area contributed by atoms with Crippen molar-refractivity contribution in [1.29, 1.82) is 0 Å². The van der Waals surface area contributed by atoms with Crippen LogP contribution in [0.25, 0.3) is 0 Å². The first-order chi connectivity index (χ1) is 8.86. The Morgan fingerprint density at radius 1 is 1.32 bits per heavy atom. The van der Waals surface area contributed by atoms with E-state index in [2.05, 4.69) is 10.7 Å². The number of para-hydroxylation sites is 2. The highest BCUT2D eigenvalue weighted by atomic mass is 16.5. The SMILES string of the molecule is CC(=O)Nc1ccccc1OCC(C)(C)C(=O)NN. The molecule has 0 aromatic heterocycles. The van der Waals surface area contributed by atoms with Crippen molar-refractivity contribution in [3.8, 4) is 5.75 Å². The maximum atomic E-state index is 11.5. The summed E-state index contributed by atoms with van der Waals surface area (Å²) in [6.45, 7) is 5.00. The van der Waals surface area contributed by atoms with Crippen molar-refractivity contribution in [2.24, 2.45) is 11.3 Å². The van der Waals surface area contributed by atoms with E-state index >= 15 is 0 Å². The van der Waals surface area contributed by atoms with Crippen molar-refractivity contribution >= 4 is 17.5 Å². The van der Waals surface area contributed by atoms with E-state index in [9.17, 15) is 9.59 Å². The monoisotopic (exact) mass is 265 g/mol. The van der Waals surface area contributed by atoms with Crippen molar-refractivity contribution in [3.05, 3.63) is 24.3 Å². The molecule has 2 amide bonds. The second-order valence-corrected chi connectivity index (χ2v) is 4.82. The number of amides is 2. The molecule has 1 aromatic rings. The van der Waals surface area contributed by atoms with Gasteiger partial charge in [0.2, 0.25) is 11.8 Å². The highest BCUT2D eigenvalue weighted by Crippen LogP contribution is 2.26. The Morgan fingerprint density at radius 3 is 2.53 bits per heavy atom. The van der Waals surface area contributed by atoms with Crippen LogP contribution in [0, 0.1) is 5.41 Å². The third-order valence-corrected chi connectivity index (χ3v) is 2.53. The van der Waals surface area contributed by atoms with Gasteiger partial charge in [-0.15, -0.1) is 0 Å². The van der Waals surface area contributed by atoms with Gasteiger partial charge in [-0.3, -0.25) is 15.0 Å². The highest BCUT2D eigenvalue weighted by molar-refractivity contribution is 5.90. The summed E-state index contributed by atoms with van der Waals surface area (Å²) in [6, 6.07) is 7.03. The van der Waals surface area contributed by atoms with Crippen molar-refractivity contribution in [2.45, 2.75) is 20.8 Å². The standard InChI is InChI=1S/C13H19N3O3/c1-9(17)15-10-6-4-5-7-11(10)19-8-13(2,3)12(18)16-14/h4-7H,8,14H2,1-3H3,(H,15,17)(H,16,18). The van der Waals surface area contributed by atoms with Crippen LogP contribution in [0.2, 0.25) is 0 Å². The van der Waals surface area contributed by atoms with Gasteiger partial charge >= 0.3 is 0 Å². The molecule has 0 aliphatic carbocycles. The average molecular weight is 265 g/mol. The zero-order chi connectivity index (χ0) is 14.5. The number of hydrogen-bond donors (Lipinski definition) is 3. The number of carbonyl (C=O) groups is 2. The fraction of sp³-hybridized carbons (Fsp3) is 0.385. The summed E-state index contributed by atoms with van der Waals surface area (Å²) in [5.41, 5.74) is 1.90. The summed E-state index contributed by atoms with van der Waals surface area (Å²) in [4.78, 5) is 22.6. The van der Waals surface area contributed by atoms with E-state index in [0.29, 0.717) is 11.4 Å². The molecule has 1 aromatic carbocycles. The second-order valence-electron chi connectivity index (χ2n) is 4.82.